The van der Waals surface area contributed by atoms with E-state index in [0.717, 1.165) is 44.0 Å². The third kappa shape index (κ3) is 5.27. The van der Waals surface area contributed by atoms with Crippen molar-refractivity contribution >= 4 is 0 Å². The fraction of sp³-hybridized carbons (Fsp3) is 0.391. The van der Waals surface area contributed by atoms with Gasteiger partial charge in [0.15, 0.2) is 0 Å². The quantitative estimate of drug-likeness (QED) is 0.584. The molecule has 5 heteroatoms. The number of rotatable bonds is 10. The molecule has 3 aromatic rings. The lowest BCUT2D eigenvalue weighted by Crippen LogP contribution is -2.40. The Hall–Kier alpha value is -2.50. The summed E-state index contributed by atoms with van der Waals surface area (Å²) in [6.45, 7) is 11.4. The Bertz CT molecular complexity index is 825. The maximum atomic E-state index is 4.87. The highest BCUT2D eigenvalue weighted by Crippen LogP contribution is 2.21. The Morgan fingerprint density at radius 3 is 2.54 bits per heavy atom. The van der Waals surface area contributed by atoms with Gasteiger partial charge >= 0.3 is 0 Å². The van der Waals surface area contributed by atoms with E-state index in [-0.39, 0.29) is 0 Å². The van der Waals surface area contributed by atoms with Crippen LogP contribution < -0.4 is 5.32 Å². The SMILES string of the molecule is CCN(CC)C(C)CNCc1cn(Cc2ccccc2)nc1-c1cccnc1. The van der Waals surface area contributed by atoms with Crippen LogP contribution in [0, 0.1) is 0 Å². The molecule has 2 heterocycles. The lowest BCUT2D eigenvalue weighted by atomic mass is 10.1. The fourth-order valence-corrected chi connectivity index (χ4v) is 3.58. The summed E-state index contributed by atoms with van der Waals surface area (Å²) in [5.41, 5.74) is 4.52. The molecule has 3 rings (SSSR count). The van der Waals surface area contributed by atoms with Crippen LogP contribution in [-0.2, 0) is 13.1 Å². The predicted molar refractivity (Wildman–Crippen MR) is 115 cm³/mol. The maximum Gasteiger partial charge on any atom is 0.0983 e. The van der Waals surface area contributed by atoms with Crippen LogP contribution in [0.5, 0.6) is 0 Å². The van der Waals surface area contributed by atoms with Crippen LogP contribution in [0.1, 0.15) is 31.9 Å². The van der Waals surface area contributed by atoms with Gasteiger partial charge in [0.2, 0.25) is 0 Å². The molecule has 0 aliphatic heterocycles. The molecule has 1 aromatic carbocycles. The third-order valence-electron chi connectivity index (χ3n) is 5.15. The average Bonchev–Trinajstić information content (AvgIpc) is 3.13. The minimum Gasteiger partial charge on any atom is -0.311 e. The summed E-state index contributed by atoms with van der Waals surface area (Å²) < 4.78 is 2.03. The molecule has 0 aliphatic rings. The van der Waals surface area contributed by atoms with E-state index in [4.69, 9.17) is 5.10 Å². The number of nitrogens with zero attached hydrogens (tertiary/aromatic N) is 4. The molecular formula is C23H31N5. The number of hydrogen-bond acceptors (Lipinski definition) is 4. The molecule has 0 fully saturated rings. The van der Waals surface area contributed by atoms with Gasteiger partial charge in [0.05, 0.1) is 12.2 Å². The first-order chi connectivity index (χ1) is 13.7. The fourth-order valence-electron chi connectivity index (χ4n) is 3.58. The van der Waals surface area contributed by atoms with Gasteiger partial charge in [-0.25, -0.2) is 0 Å². The summed E-state index contributed by atoms with van der Waals surface area (Å²) in [5.74, 6) is 0. The molecule has 0 saturated heterocycles. The summed E-state index contributed by atoms with van der Waals surface area (Å²) in [7, 11) is 0. The van der Waals surface area contributed by atoms with Crippen molar-refractivity contribution in [3.05, 3.63) is 72.2 Å². The predicted octanol–water partition coefficient (Wildman–Crippen LogP) is 3.81. The van der Waals surface area contributed by atoms with Gasteiger partial charge in [0, 0.05) is 48.8 Å². The molecule has 148 valence electrons. The first-order valence-corrected chi connectivity index (χ1v) is 10.2. The van der Waals surface area contributed by atoms with E-state index in [2.05, 4.69) is 72.5 Å². The standard InChI is InChI=1S/C23H31N5/c1-4-27(5-2)19(3)14-25-16-22-18-28(17-20-10-7-6-8-11-20)26-23(22)21-12-9-13-24-15-21/h6-13,15,18-19,25H,4-5,14,16-17H2,1-3H3. The zero-order chi connectivity index (χ0) is 19.8. The van der Waals surface area contributed by atoms with Crippen molar-refractivity contribution in [1.29, 1.82) is 0 Å². The summed E-state index contributed by atoms with van der Waals surface area (Å²) in [4.78, 5) is 6.74. The molecule has 0 aliphatic carbocycles. The minimum absolute atomic E-state index is 0.510. The molecule has 0 bridgehead atoms. The number of benzene rings is 1. The Kier molecular flexibility index (Phi) is 7.34. The Morgan fingerprint density at radius 1 is 1.07 bits per heavy atom. The molecule has 1 atom stereocenters. The van der Waals surface area contributed by atoms with Gasteiger partial charge in [-0.3, -0.25) is 14.6 Å². The largest absolute Gasteiger partial charge is 0.311 e. The molecule has 1 N–H and O–H groups in total. The van der Waals surface area contributed by atoms with E-state index in [1.54, 1.807) is 6.20 Å². The normalized spacial score (nSPS) is 12.4. The van der Waals surface area contributed by atoms with E-state index in [1.807, 2.05) is 23.0 Å². The van der Waals surface area contributed by atoms with E-state index in [1.165, 1.54) is 11.1 Å². The van der Waals surface area contributed by atoms with Crippen molar-refractivity contribution < 1.29 is 0 Å². The molecule has 5 nitrogen and oxygen atoms in total. The van der Waals surface area contributed by atoms with Crippen molar-refractivity contribution in [3.8, 4) is 11.3 Å². The number of nitrogens with one attached hydrogen (secondary N) is 1. The molecule has 28 heavy (non-hydrogen) atoms. The first-order valence-electron chi connectivity index (χ1n) is 10.2. The maximum absolute atomic E-state index is 4.87. The van der Waals surface area contributed by atoms with Crippen molar-refractivity contribution in [3.63, 3.8) is 0 Å². The van der Waals surface area contributed by atoms with Gasteiger partial charge in [-0.05, 0) is 37.7 Å². The second-order valence-electron chi connectivity index (χ2n) is 7.13. The van der Waals surface area contributed by atoms with Crippen molar-refractivity contribution in [1.82, 2.24) is 25.0 Å². The highest BCUT2D eigenvalue weighted by atomic mass is 15.3. The summed E-state index contributed by atoms with van der Waals surface area (Å²) in [5, 5.41) is 8.49. The van der Waals surface area contributed by atoms with E-state index in [0.29, 0.717) is 6.04 Å². The van der Waals surface area contributed by atoms with Crippen LogP contribution in [0.4, 0.5) is 0 Å². The van der Waals surface area contributed by atoms with E-state index < -0.39 is 0 Å². The third-order valence-corrected chi connectivity index (χ3v) is 5.15. The summed E-state index contributed by atoms with van der Waals surface area (Å²) in [6.07, 6.45) is 5.84. The van der Waals surface area contributed by atoms with E-state index >= 15 is 0 Å². The van der Waals surface area contributed by atoms with Crippen molar-refractivity contribution in [2.75, 3.05) is 19.6 Å². The molecule has 2 aromatic heterocycles. The number of pyridine rings is 1. The Balaban J connectivity index is 1.74. The lowest BCUT2D eigenvalue weighted by molar-refractivity contribution is 0.225. The Labute approximate surface area is 168 Å². The molecule has 0 saturated carbocycles. The average molecular weight is 378 g/mol. The van der Waals surface area contributed by atoms with Crippen LogP contribution in [0.2, 0.25) is 0 Å². The van der Waals surface area contributed by atoms with Crippen LogP contribution in [0.25, 0.3) is 11.3 Å². The van der Waals surface area contributed by atoms with E-state index in [9.17, 15) is 0 Å². The highest BCUT2D eigenvalue weighted by Gasteiger charge is 2.13. The molecule has 0 radical (unpaired) electrons. The lowest BCUT2D eigenvalue weighted by Gasteiger charge is -2.26. The molecule has 0 amide bonds. The van der Waals surface area contributed by atoms with Crippen molar-refractivity contribution in [2.24, 2.45) is 0 Å². The van der Waals surface area contributed by atoms with Gasteiger partial charge in [-0.15, -0.1) is 0 Å². The second kappa shape index (κ2) is 10.2. The zero-order valence-corrected chi connectivity index (χ0v) is 17.2. The smallest absolute Gasteiger partial charge is 0.0983 e. The van der Waals surface area contributed by atoms with Gasteiger partial charge in [-0.2, -0.15) is 5.10 Å². The number of likely N-dealkylation sites (N-methyl/N-ethyl adjacent to an activating group) is 1. The zero-order valence-electron chi connectivity index (χ0n) is 17.2. The summed E-state index contributed by atoms with van der Waals surface area (Å²) >= 11 is 0. The molecule has 1 unspecified atom stereocenters. The van der Waals surface area contributed by atoms with Crippen LogP contribution >= 0.6 is 0 Å². The molecule has 0 spiro atoms. The molecular weight excluding hydrogens is 346 g/mol. The van der Waals surface area contributed by atoms with Crippen molar-refractivity contribution in [2.45, 2.75) is 39.9 Å². The topological polar surface area (TPSA) is 46.0 Å². The van der Waals surface area contributed by atoms with Gasteiger partial charge in [0.25, 0.3) is 0 Å². The second-order valence-corrected chi connectivity index (χ2v) is 7.13. The monoisotopic (exact) mass is 377 g/mol. The van der Waals surface area contributed by atoms with Gasteiger partial charge < -0.3 is 5.32 Å². The number of aromatic nitrogens is 3. The highest BCUT2D eigenvalue weighted by molar-refractivity contribution is 5.61. The Morgan fingerprint density at radius 2 is 1.86 bits per heavy atom. The number of hydrogen-bond donors (Lipinski definition) is 1. The first kappa shape index (κ1) is 20.2. The minimum atomic E-state index is 0.510. The van der Waals surface area contributed by atoms with Crippen LogP contribution in [0.15, 0.2) is 61.1 Å². The van der Waals surface area contributed by atoms with Crippen LogP contribution in [0.3, 0.4) is 0 Å². The summed E-state index contributed by atoms with van der Waals surface area (Å²) in [6, 6.07) is 15.0. The van der Waals surface area contributed by atoms with Gasteiger partial charge in [-0.1, -0.05) is 44.2 Å². The van der Waals surface area contributed by atoms with Crippen LogP contribution in [-0.4, -0.2) is 45.3 Å². The van der Waals surface area contributed by atoms with Gasteiger partial charge in [0.1, 0.15) is 0 Å².